The van der Waals surface area contributed by atoms with Gasteiger partial charge in [-0.15, -0.1) is 0 Å². The number of ether oxygens (including phenoxy) is 2. The molecule has 1 aromatic carbocycles. The van der Waals surface area contributed by atoms with Crippen LogP contribution in [-0.2, 0) is 9.53 Å². The number of unbranched alkanes of at least 4 members (excludes halogenated alkanes) is 6. The summed E-state index contributed by atoms with van der Waals surface area (Å²) in [5.41, 5.74) is 2.13. The predicted molar refractivity (Wildman–Crippen MR) is 135 cm³/mol. The molecule has 0 N–H and O–H groups in total. The molecule has 1 unspecified atom stereocenters. The third-order valence-corrected chi connectivity index (χ3v) is 5.48. The van der Waals surface area contributed by atoms with E-state index in [1.165, 1.54) is 32.1 Å². The van der Waals surface area contributed by atoms with Crippen LogP contribution in [0, 0.1) is 0 Å². The third-order valence-electron chi connectivity index (χ3n) is 5.48. The summed E-state index contributed by atoms with van der Waals surface area (Å²) in [7, 11) is 0. The van der Waals surface area contributed by atoms with Gasteiger partial charge < -0.3 is 9.47 Å². The fourth-order valence-corrected chi connectivity index (χ4v) is 3.46. The highest BCUT2D eigenvalue weighted by atomic mass is 16.5. The number of carbonyl (C=O) groups excluding carboxylic acids is 1. The van der Waals surface area contributed by atoms with Gasteiger partial charge in [0.1, 0.15) is 0 Å². The number of benzene rings is 1. The van der Waals surface area contributed by atoms with Crippen molar-refractivity contribution in [3.8, 4) is 17.1 Å². The van der Waals surface area contributed by atoms with E-state index in [1.807, 2.05) is 26.0 Å². The van der Waals surface area contributed by atoms with Crippen molar-refractivity contribution in [1.29, 1.82) is 0 Å². The molecule has 33 heavy (non-hydrogen) atoms. The summed E-state index contributed by atoms with van der Waals surface area (Å²) in [5, 5.41) is 0. The quantitative estimate of drug-likeness (QED) is 0.196. The van der Waals surface area contributed by atoms with E-state index in [2.05, 4.69) is 41.2 Å². The Hall–Kier alpha value is -2.69. The summed E-state index contributed by atoms with van der Waals surface area (Å²) in [5.74, 6) is 1.30. The molecule has 0 spiro atoms. The summed E-state index contributed by atoms with van der Waals surface area (Å²) in [4.78, 5) is 20.2. The maximum atomic E-state index is 11.3. The first-order chi connectivity index (χ1) is 16.1. The molecule has 0 amide bonds. The van der Waals surface area contributed by atoms with Gasteiger partial charge in [-0.1, -0.05) is 82.4 Å². The Bertz CT molecular complexity index is 816. The molecular weight excluding hydrogens is 412 g/mol. The molecule has 0 saturated carbocycles. The van der Waals surface area contributed by atoms with Crippen molar-refractivity contribution in [2.75, 3.05) is 6.61 Å². The summed E-state index contributed by atoms with van der Waals surface area (Å²) in [6.45, 7) is 6.72. The zero-order chi connectivity index (χ0) is 23.7. The number of aromatic nitrogens is 2. The van der Waals surface area contributed by atoms with Crippen LogP contribution in [0.1, 0.15) is 90.5 Å². The van der Waals surface area contributed by atoms with E-state index in [0.717, 1.165) is 49.2 Å². The maximum Gasteiger partial charge on any atom is 0.305 e. The van der Waals surface area contributed by atoms with Gasteiger partial charge in [0, 0.05) is 12.0 Å². The topological polar surface area (TPSA) is 61.3 Å². The van der Waals surface area contributed by atoms with Crippen LogP contribution in [0.3, 0.4) is 0 Å². The maximum absolute atomic E-state index is 11.3. The normalized spacial score (nSPS) is 12.1. The number of rotatable bonds is 16. The number of esters is 1. The third kappa shape index (κ3) is 11.1. The second kappa shape index (κ2) is 16.0. The van der Waals surface area contributed by atoms with Gasteiger partial charge in [0.25, 0.3) is 0 Å². The number of hydrogen-bond donors (Lipinski definition) is 0. The summed E-state index contributed by atoms with van der Waals surface area (Å²) >= 11 is 0. The first-order valence-corrected chi connectivity index (χ1v) is 12.5. The van der Waals surface area contributed by atoms with Gasteiger partial charge in [-0.05, 0) is 38.2 Å². The Morgan fingerprint density at radius 2 is 1.67 bits per heavy atom. The van der Waals surface area contributed by atoms with Gasteiger partial charge in [-0.2, -0.15) is 0 Å². The van der Waals surface area contributed by atoms with Crippen molar-refractivity contribution in [2.45, 2.75) is 91.1 Å². The zero-order valence-corrected chi connectivity index (χ0v) is 20.6. The first kappa shape index (κ1) is 26.6. The van der Waals surface area contributed by atoms with Gasteiger partial charge in [0.2, 0.25) is 0 Å². The first-order valence-electron chi connectivity index (χ1n) is 12.5. The summed E-state index contributed by atoms with van der Waals surface area (Å²) in [6.07, 6.45) is 18.5. The van der Waals surface area contributed by atoms with Crippen LogP contribution in [0.25, 0.3) is 17.5 Å². The van der Waals surface area contributed by atoms with E-state index in [0.29, 0.717) is 12.2 Å². The van der Waals surface area contributed by atoms with Crippen LogP contribution in [-0.4, -0.2) is 28.6 Å². The number of hydrogen-bond acceptors (Lipinski definition) is 5. The highest BCUT2D eigenvalue weighted by Gasteiger charge is 2.06. The van der Waals surface area contributed by atoms with Crippen LogP contribution < -0.4 is 4.74 Å². The molecule has 1 heterocycles. The van der Waals surface area contributed by atoms with Crippen molar-refractivity contribution in [3.63, 3.8) is 0 Å². The fraction of sp³-hybridized carbons (Fsp3) is 0.536. The lowest BCUT2D eigenvalue weighted by molar-refractivity contribution is -0.148. The lowest BCUT2D eigenvalue weighted by Gasteiger charge is -2.11. The minimum atomic E-state index is -0.127. The smallest absolute Gasteiger partial charge is 0.305 e. The molecule has 0 fully saturated rings. The van der Waals surface area contributed by atoms with Gasteiger partial charge in [-0.25, -0.2) is 9.97 Å². The predicted octanol–water partition coefficient (Wildman–Crippen LogP) is 7.41. The number of allylic oxidation sites excluding steroid dienone is 1. The van der Waals surface area contributed by atoms with Crippen LogP contribution >= 0.6 is 0 Å². The highest BCUT2D eigenvalue weighted by Crippen LogP contribution is 2.18. The fourth-order valence-electron chi connectivity index (χ4n) is 3.46. The van der Waals surface area contributed by atoms with Gasteiger partial charge in [0.05, 0.1) is 25.1 Å². The Morgan fingerprint density at radius 3 is 2.36 bits per heavy atom. The molecule has 0 radical (unpaired) electrons. The second-order valence-electron chi connectivity index (χ2n) is 8.47. The largest absolute Gasteiger partial charge is 0.490 e. The van der Waals surface area contributed by atoms with Crippen molar-refractivity contribution < 1.29 is 14.3 Å². The van der Waals surface area contributed by atoms with Gasteiger partial charge in [-0.3, -0.25) is 4.79 Å². The van der Waals surface area contributed by atoms with E-state index in [-0.39, 0.29) is 12.1 Å². The second-order valence-corrected chi connectivity index (χ2v) is 8.47. The Kier molecular flexibility index (Phi) is 12.9. The van der Waals surface area contributed by atoms with Crippen LogP contribution in [0.5, 0.6) is 5.75 Å². The van der Waals surface area contributed by atoms with E-state index < -0.39 is 0 Å². The Morgan fingerprint density at radius 1 is 0.970 bits per heavy atom. The number of nitrogens with zero attached hydrogens (tertiary/aromatic N) is 2. The molecular formula is C28H40N2O3. The molecule has 1 atom stereocenters. The molecule has 0 aliphatic carbocycles. The van der Waals surface area contributed by atoms with Crippen LogP contribution in [0.2, 0.25) is 0 Å². The van der Waals surface area contributed by atoms with Crippen molar-refractivity contribution in [1.82, 2.24) is 9.97 Å². The zero-order valence-electron chi connectivity index (χ0n) is 20.6. The highest BCUT2D eigenvalue weighted by molar-refractivity contribution is 5.69. The van der Waals surface area contributed by atoms with Crippen molar-refractivity contribution in [2.24, 2.45) is 0 Å². The van der Waals surface area contributed by atoms with Crippen LogP contribution in [0.4, 0.5) is 0 Å². The van der Waals surface area contributed by atoms with Crippen molar-refractivity contribution in [3.05, 3.63) is 48.3 Å². The summed E-state index contributed by atoms with van der Waals surface area (Å²) < 4.78 is 11.1. The van der Waals surface area contributed by atoms with E-state index >= 15 is 0 Å². The summed E-state index contributed by atoms with van der Waals surface area (Å²) in [6, 6.07) is 8.23. The minimum absolute atomic E-state index is 0.0162. The molecule has 0 aliphatic rings. The molecule has 5 heteroatoms. The van der Waals surface area contributed by atoms with Gasteiger partial charge >= 0.3 is 5.97 Å². The molecule has 0 bridgehead atoms. The molecule has 5 nitrogen and oxygen atoms in total. The average molecular weight is 453 g/mol. The van der Waals surface area contributed by atoms with E-state index in [9.17, 15) is 4.79 Å². The lowest BCUT2D eigenvalue weighted by atomic mass is 10.1. The Balaban J connectivity index is 1.70. The molecule has 2 rings (SSSR count). The average Bonchev–Trinajstić information content (AvgIpc) is 2.84. The Labute approximate surface area is 199 Å². The molecule has 1 aromatic heterocycles. The van der Waals surface area contributed by atoms with E-state index in [4.69, 9.17) is 9.47 Å². The number of carbonyl (C=O) groups is 1. The van der Waals surface area contributed by atoms with Crippen molar-refractivity contribution >= 4 is 12.0 Å². The minimum Gasteiger partial charge on any atom is -0.490 e. The molecule has 0 aliphatic heterocycles. The molecule has 180 valence electrons. The van der Waals surface area contributed by atoms with E-state index in [1.54, 1.807) is 12.4 Å². The molecule has 0 saturated heterocycles. The van der Waals surface area contributed by atoms with Gasteiger partial charge in [0.15, 0.2) is 11.6 Å². The monoisotopic (exact) mass is 452 g/mol. The van der Waals surface area contributed by atoms with Crippen LogP contribution in [0.15, 0.2) is 42.7 Å². The lowest BCUT2D eigenvalue weighted by Crippen LogP contribution is -2.13. The standard InChI is InChI=1S/C28H40N2O3/c1-4-6-7-8-9-13-20-32-26-21-29-28(30-22-26)25-18-16-24(17-19-25)15-12-10-11-14-23(3)33-27(31)5-2/h12,15-19,21-23H,4-11,13-14,20H2,1-3H3/b15-12+. The SMILES string of the molecule is CCCCCCCCOc1cnc(-c2ccc(/C=C/CCCC(C)OC(=O)CC)cc2)nc1. The molecule has 2 aromatic rings.